The van der Waals surface area contributed by atoms with Crippen molar-refractivity contribution in [1.29, 1.82) is 0 Å². The number of aliphatic hydroxyl groups excluding tert-OH is 1. The van der Waals surface area contributed by atoms with E-state index in [-0.39, 0.29) is 13.4 Å². The maximum absolute atomic E-state index is 9.99. The van der Waals surface area contributed by atoms with Crippen LogP contribution >= 0.6 is 15.9 Å². The fourth-order valence-corrected chi connectivity index (χ4v) is 2.57. The summed E-state index contributed by atoms with van der Waals surface area (Å²) in [5.41, 5.74) is 1.13. The Morgan fingerprint density at radius 3 is 2.74 bits per heavy atom. The van der Waals surface area contributed by atoms with Gasteiger partial charge in [-0.05, 0) is 42.5 Å². The van der Waals surface area contributed by atoms with Crippen LogP contribution in [0.25, 0.3) is 0 Å². The molecule has 1 atom stereocenters. The summed E-state index contributed by atoms with van der Waals surface area (Å²) in [7, 11) is 0. The molecule has 0 saturated heterocycles. The van der Waals surface area contributed by atoms with Gasteiger partial charge in [-0.2, -0.15) is 0 Å². The number of aliphatic hydroxyl groups is 1. The second kappa shape index (κ2) is 7.68. The van der Waals surface area contributed by atoms with Gasteiger partial charge in [0.2, 0.25) is 6.79 Å². The van der Waals surface area contributed by atoms with Gasteiger partial charge in [-0.25, -0.2) is 0 Å². The zero-order chi connectivity index (χ0) is 16.1. The van der Waals surface area contributed by atoms with Crippen molar-refractivity contribution in [1.82, 2.24) is 0 Å². The first kappa shape index (κ1) is 16.1. The van der Waals surface area contributed by atoms with E-state index in [4.69, 9.17) is 14.2 Å². The molecule has 1 aliphatic heterocycles. The summed E-state index contributed by atoms with van der Waals surface area (Å²) in [6.07, 6.45) is -0.521. The number of benzene rings is 2. The lowest BCUT2D eigenvalue weighted by Crippen LogP contribution is -2.85. The van der Waals surface area contributed by atoms with Crippen LogP contribution in [0.2, 0.25) is 0 Å². The van der Waals surface area contributed by atoms with Crippen molar-refractivity contribution in [3.05, 3.63) is 52.5 Å². The van der Waals surface area contributed by atoms with E-state index in [1.165, 1.54) is 0 Å². The minimum Gasteiger partial charge on any atom is -0.491 e. The first-order chi connectivity index (χ1) is 11.2. The van der Waals surface area contributed by atoms with Gasteiger partial charge in [-0.1, -0.05) is 15.9 Å². The Morgan fingerprint density at radius 2 is 1.91 bits per heavy atom. The van der Waals surface area contributed by atoms with E-state index in [2.05, 4.69) is 15.9 Å². The molecule has 3 rings (SSSR count). The number of hydrogen-bond donors (Lipinski definition) is 2. The van der Waals surface area contributed by atoms with E-state index in [1.807, 2.05) is 47.8 Å². The van der Waals surface area contributed by atoms with Crippen molar-refractivity contribution >= 4 is 15.9 Å². The summed E-state index contributed by atoms with van der Waals surface area (Å²) in [6, 6.07) is 13.5. The highest BCUT2D eigenvalue weighted by Crippen LogP contribution is 2.32. The minimum absolute atomic E-state index is 0.277. The third-order valence-corrected chi connectivity index (χ3v) is 4.04. The number of fused-ring (bicyclic) bond motifs is 1. The summed E-state index contributed by atoms with van der Waals surface area (Å²) in [5, 5.41) is 12.0. The number of halogens is 1. The van der Waals surface area contributed by atoms with Gasteiger partial charge in [0.25, 0.3) is 0 Å². The lowest BCUT2D eigenvalue weighted by atomic mass is 10.2. The Balaban J connectivity index is 1.39. The summed E-state index contributed by atoms with van der Waals surface area (Å²) in [5.74, 6) is 2.33. The van der Waals surface area contributed by atoms with Crippen molar-refractivity contribution in [3.8, 4) is 17.2 Å². The molecule has 0 aromatic heterocycles. The number of hydrogen-bond acceptors (Lipinski definition) is 4. The van der Waals surface area contributed by atoms with Gasteiger partial charge in [-0.3, -0.25) is 0 Å². The molecule has 0 fully saturated rings. The number of nitrogens with two attached hydrogens (primary N) is 1. The zero-order valence-electron chi connectivity index (χ0n) is 12.6. The van der Waals surface area contributed by atoms with Gasteiger partial charge < -0.3 is 24.6 Å². The van der Waals surface area contributed by atoms with Crippen LogP contribution in [0, 0.1) is 0 Å². The van der Waals surface area contributed by atoms with Crippen LogP contribution in [0.4, 0.5) is 0 Å². The quantitative estimate of drug-likeness (QED) is 0.766. The lowest BCUT2D eigenvalue weighted by Gasteiger charge is -2.11. The van der Waals surface area contributed by atoms with Crippen LogP contribution < -0.4 is 19.5 Å². The average Bonchev–Trinajstić information content (AvgIpc) is 3.02. The Morgan fingerprint density at radius 1 is 1.13 bits per heavy atom. The van der Waals surface area contributed by atoms with Crippen molar-refractivity contribution in [2.24, 2.45) is 0 Å². The highest BCUT2D eigenvalue weighted by molar-refractivity contribution is 9.10. The molecule has 0 saturated carbocycles. The number of quaternary nitrogens is 1. The number of rotatable bonds is 7. The SMILES string of the molecule is O[C@@H](C[NH2+]Cc1ccc2c(c1)OCO2)COc1ccc(Br)cc1. The molecule has 2 aromatic carbocycles. The van der Waals surface area contributed by atoms with Crippen molar-refractivity contribution in [3.63, 3.8) is 0 Å². The van der Waals surface area contributed by atoms with Gasteiger partial charge in [0, 0.05) is 10.0 Å². The summed E-state index contributed by atoms with van der Waals surface area (Å²) in [4.78, 5) is 0. The standard InChI is InChI=1S/C17H18BrNO4/c18-13-2-4-15(5-3-13)21-10-14(20)9-19-8-12-1-6-16-17(7-12)23-11-22-16/h1-7,14,19-20H,8-11H2/p+1/t14-/m0/s1. The highest BCUT2D eigenvalue weighted by Gasteiger charge is 2.14. The normalized spacial score (nSPS) is 13.8. The average molecular weight is 381 g/mol. The molecule has 23 heavy (non-hydrogen) atoms. The van der Waals surface area contributed by atoms with Crippen LogP contribution in [0.1, 0.15) is 5.56 Å². The van der Waals surface area contributed by atoms with Gasteiger partial charge in [-0.15, -0.1) is 0 Å². The third-order valence-electron chi connectivity index (χ3n) is 3.51. The maximum atomic E-state index is 9.99. The van der Waals surface area contributed by atoms with Gasteiger partial charge in [0.05, 0.1) is 0 Å². The fourth-order valence-electron chi connectivity index (χ4n) is 2.30. The smallest absolute Gasteiger partial charge is 0.231 e. The largest absolute Gasteiger partial charge is 0.491 e. The van der Waals surface area contributed by atoms with Crippen molar-refractivity contribution < 1.29 is 24.6 Å². The zero-order valence-corrected chi connectivity index (χ0v) is 14.2. The first-order valence-electron chi connectivity index (χ1n) is 7.47. The fraction of sp³-hybridized carbons (Fsp3) is 0.294. The Bertz CT molecular complexity index is 648. The van der Waals surface area contributed by atoms with E-state index < -0.39 is 6.10 Å². The molecular formula is C17H19BrNO4+. The molecule has 0 amide bonds. The topological polar surface area (TPSA) is 64.5 Å². The molecule has 1 aliphatic rings. The van der Waals surface area contributed by atoms with Crippen LogP contribution in [0.5, 0.6) is 17.2 Å². The van der Waals surface area contributed by atoms with Crippen molar-refractivity contribution in [2.75, 3.05) is 19.9 Å². The van der Waals surface area contributed by atoms with E-state index in [9.17, 15) is 5.11 Å². The maximum Gasteiger partial charge on any atom is 0.231 e. The van der Waals surface area contributed by atoms with Gasteiger partial charge in [0.1, 0.15) is 31.5 Å². The molecule has 1 heterocycles. The van der Waals surface area contributed by atoms with E-state index in [1.54, 1.807) is 0 Å². The predicted molar refractivity (Wildman–Crippen MR) is 88.7 cm³/mol. The van der Waals surface area contributed by atoms with Crippen LogP contribution in [0.15, 0.2) is 46.9 Å². The molecule has 0 spiro atoms. The lowest BCUT2D eigenvalue weighted by molar-refractivity contribution is -0.676. The molecule has 0 unspecified atom stereocenters. The Kier molecular flexibility index (Phi) is 5.38. The molecule has 3 N–H and O–H groups in total. The van der Waals surface area contributed by atoms with Crippen molar-refractivity contribution in [2.45, 2.75) is 12.6 Å². The Hall–Kier alpha value is -1.76. The molecular weight excluding hydrogens is 362 g/mol. The molecule has 2 aromatic rings. The highest BCUT2D eigenvalue weighted by atomic mass is 79.9. The summed E-state index contributed by atoms with van der Waals surface area (Å²) >= 11 is 3.37. The van der Waals surface area contributed by atoms with E-state index >= 15 is 0 Å². The molecule has 6 heteroatoms. The monoisotopic (exact) mass is 380 g/mol. The molecule has 5 nitrogen and oxygen atoms in total. The molecule has 0 radical (unpaired) electrons. The number of ether oxygens (including phenoxy) is 3. The first-order valence-corrected chi connectivity index (χ1v) is 8.26. The molecule has 122 valence electrons. The van der Waals surface area contributed by atoms with Crippen LogP contribution in [0.3, 0.4) is 0 Å². The predicted octanol–water partition coefficient (Wildman–Crippen LogP) is 1.68. The van der Waals surface area contributed by atoms with Crippen LogP contribution in [-0.4, -0.2) is 31.2 Å². The van der Waals surface area contributed by atoms with Gasteiger partial charge >= 0.3 is 0 Å². The van der Waals surface area contributed by atoms with E-state index in [0.29, 0.717) is 6.54 Å². The van der Waals surface area contributed by atoms with Crippen LogP contribution in [-0.2, 0) is 6.54 Å². The second-order valence-electron chi connectivity index (χ2n) is 5.33. The summed E-state index contributed by atoms with van der Waals surface area (Å²) < 4.78 is 17.2. The Labute approximate surface area is 143 Å². The molecule has 0 bridgehead atoms. The van der Waals surface area contributed by atoms with Gasteiger partial charge in [0.15, 0.2) is 11.5 Å². The minimum atomic E-state index is -0.521. The molecule has 0 aliphatic carbocycles. The second-order valence-corrected chi connectivity index (χ2v) is 6.25. The van der Waals surface area contributed by atoms with E-state index in [0.717, 1.165) is 33.8 Å². The third kappa shape index (κ3) is 4.60. The summed E-state index contributed by atoms with van der Waals surface area (Å²) in [6.45, 7) is 1.91.